The first-order valence-electron chi connectivity index (χ1n) is 7.88. The highest BCUT2D eigenvalue weighted by Crippen LogP contribution is 2.39. The zero-order chi connectivity index (χ0) is 14.8. The van der Waals surface area contributed by atoms with Crippen molar-refractivity contribution in [1.29, 1.82) is 0 Å². The summed E-state index contributed by atoms with van der Waals surface area (Å²) in [4.78, 5) is 1.40. The predicted molar refractivity (Wildman–Crippen MR) is 87.2 cm³/mol. The van der Waals surface area contributed by atoms with Crippen LogP contribution in [-0.4, -0.2) is 31.1 Å². The molecule has 1 N–H and O–H groups in total. The summed E-state index contributed by atoms with van der Waals surface area (Å²) < 4.78 is 11.2. The smallest absolute Gasteiger partial charge is 0.119 e. The predicted octanol–water partition coefficient (Wildman–Crippen LogP) is 3.78. The summed E-state index contributed by atoms with van der Waals surface area (Å²) in [6.07, 6.45) is 4.11. The quantitative estimate of drug-likeness (QED) is 0.920. The van der Waals surface area contributed by atoms with Gasteiger partial charge in [-0.05, 0) is 62.6 Å². The third-order valence-electron chi connectivity index (χ3n) is 4.39. The van der Waals surface area contributed by atoms with Crippen LogP contribution in [-0.2, 0) is 4.74 Å². The van der Waals surface area contributed by atoms with Crippen LogP contribution in [0.15, 0.2) is 23.1 Å². The van der Waals surface area contributed by atoms with Crippen molar-refractivity contribution in [2.24, 2.45) is 0 Å². The van der Waals surface area contributed by atoms with E-state index < -0.39 is 0 Å². The molecule has 1 fully saturated rings. The lowest BCUT2D eigenvalue weighted by Gasteiger charge is -2.36. The molecule has 116 valence electrons. The summed E-state index contributed by atoms with van der Waals surface area (Å²) in [5, 5.41) is 3.88. The van der Waals surface area contributed by atoms with Crippen LogP contribution in [0.1, 0.15) is 44.7 Å². The molecule has 0 radical (unpaired) electrons. The zero-order valence-electron chi connectivity index (χ0n) is 13.1. The molecule has 0 unspecified atom stereocenters. The fourth-order valence-corrected chi connectivity index (χ4v) is 4.60. The van der Waals surface area contributed by atoms with E-state index in [1.54, 1.807) is 7.11 Å². The van der Waals surface area contributed by atoms with Gasteiger partial charge >= 0.3 is 0 Å². The van der Waals surface area contributed by atoms with Crippen molar-refractivity contribution in [1.82, 2.24) is 5.32 Å². The van der Waals surface area contributed by atoms with Crippen LogP contribution in [0.2, 0.25) is 0 Å². The van der Waals surface area contributed by atoms with E-state index in [4.69, 9.17) is 9.47 Å². The number of methoxy groups -OCH3 is 1. The van der Waals surface area contributed by atoms with Gasteiger partial charge in [-0.3, -0.25) is 0 Å². The molecule has 1 aromatic rings. The Bertz CT molecular complexity index is 484. The van der Waals surface area contributed by atoms with Gasteiger partial charge in [0.1, 0.15) is 5.75 Å². The van der Waals surface area contributed by atoms with Gasteiger partial charge in [-0.15, -0.1) is 11.8 Å². The molecular formula is C17H25NO2S. The molecule has 2 aliphatic heterocycles. The van der Waals surface area contributed by atoms with Crippen molar-refractivity contribution < 1.29 is 9.47 Å². The van der Waals surface area contributed by atoms with E-state index in [1.165, 1.54) is 22.6 Å². The monoisotopic (exact) mass is 307 g/mol. The van der Waals surface area contributed by atoms with Crippen molar-refractivity contribution in [2.45, 2.75) is 62.3 Å². The highest BCUT2D eigenvalue weighted by Gasteiger charge is 2.29. The molecule has 3 atom stereocenters. The Morgan fingerprint density at radius 1 is 1.24 bits per heavy atom. The summed E-state index contributed by atoms with van der Waals surface area (Å²) in [6.45, 7) is 4.36. The van der Waals surface area contributed by atoms with Gasteiger partial charge in [0.25, 0.3) is 0 Å². The number of hydrogen-bond donors (Lipinski definition) is 1. The van der Waals surface area contributed by atoms with E-state index in [9.17, 15) is 0 Å². The number of hydrogen-bond acceptors (Lipinski definition) is 4. The first kappa shape index (κ1) is 15.2. The summed E-state index contributed by atoms with van der Waals surface area (Å²) in [5.74, 6) is 2.14. The number of nitrogens with one attached hydrogen (secondary N) is 1. The first-order chi connectivity index (χ1) is 10.2. The number of ether oxygens (including phenoxy) is 2. The van der Waals surface area contributed by atoms with Crippen molar-refractivity contribution in [3.05, 3.63) is 23.8 Å². The zero-order valence-corrected chi connectivity index (χ0v) is 13.9. The Morgan fingerprint density at radius 2 is 2.00 bits per heavy atom. The fraction of sp³-hybridized carbons (Fsp3) is 0.647. The molecule has 0 spiro atoms. The van der Waals surface area contributed by atoms with E-state index in [2.05, 4.69) is 37.4 Å². The summed E-state index contributed by atoms with van der Waals surface area (Å²) in [5.41, 5.74) is 1.40. The molecule has 4 heteroatoms. The van der Waals surface area contributed by atoms with E-state index in [0.717, 1.165) is 18.6 Å². The molecule has 0 aromatic heterocycles. The van der Waals surface area contributed by atoms with Gasteiger partial charge in [-0.1, -0.05) is 0 Å². The normalized spacial score (nSPS) is 32.5. The van der Waals surface area contributed by atoms with Crippen LogP contribution in [0.5, 0.6) is 5.75 Å². The lowest BCUT2D eigenvalue weighted by Crippen LogP contribution is -2.43. The molecule has 3 rings (SSSR count). The second-order valence-electron chi connectivity index (χ2n) is 6.19. The number of benzene rings is 1. The van der Waals surface area contributed by atoms with E-state index in [1.807, 2.05) is 11.8 Å². The topological polar surface area (TPSA) is 30.5 Å². The minimum atomic E-state index is 0.356. The highest BCUT2D eigenvalue weighted by molar-refractivity contribution is 7.99. The minimum absolute atomic E-state index is 0.356. The lowest BCUT2D eigenvalue weighted by atomic mass is 9.96. The van der Waals surface area contributed by atoms with Gasteiger partial charge in [-0.25, -0.2) is 0 Å². The van der Waals surface area contributed by atoms with Crippen molar-refractivity contribution >= 4 is 11.8 Å². The van der Waals surface area contributed by atoms with E-state index in [-0.39, 0.29) is 0 Å². The van der Waals surface area contributed by atoms with Gasteiger partial charge in [0.15, 0.2) is 0 Å². The van der Waals surface area contributed by atoms with Crippen LogP contribution in [0.3, 0.4) is 0 Å². The molecule has 2 heterocycles. The average Bonchev–Trinajstić information content (AvgIpc) is 2.46. The molecule has 0 bridgehead atoms. The molecule has 1 saturated heterocycles. The molecular weight excluding hydrogens is 282 g/mol. The maximum Gasteiger partial charge on any atom is 0.119 e. The van der Waals surface area contributed by atoms with Gasteiger partial charge in [0.2, 0.25) is 0 Å². The molecule has 2 aliphatic rings. The van der Waals surface area contributed by atoms with Gasteiger partial charge in [0, 0.05) is 17.0 Å². The minimum Gasteiger partial charge on any atom is -0.497 e. The average molecular weight is 307 g/mol. The lowest BCUT2D eigenvalue weighted by molar-refractivity contribution is -0.0437. The Kier molecular flexibility index (Phi) is 4.77. The van der Waals surface area contributed by atoms with Crippen LogP contribution in [0.25, 0.3) is 0 Å². The second-order valence-corrected chi connectivity index (χ2v) is 7.32. The van der Waals surface area contributed by atoms with Gasteiger partial charge in [-0.2, -0.15) is 0 Å². The van der Waals surface area contributed by atoms with E-state index in [0.29, 0.717) is 24.3 Å². The first-order valence-corrected chi connectivity index (χ1v) is 8.86. The SMILES string of the molecule is COc1ccc2c(c1)[C@H](NC1C[C@@H](C)O[C@H](C)C1)CCS2. The molecule has 0 aliphatic carbocycles. The Hall–Kier alpha value is -0.710. The number of thioether (sulfide) groups is 1. The summed E-state index contributed by atoms with van der Waals surface area (Å²) >= 11 is 1.95. The number of fused-ring (bicyclic) bond motifs is 1. The third-order valence-corrected chi connectivity index (χ3v) is 5.51. The van der Waals surface area contributed by atoms with Crippen LogP contribution in [0.4, 0.5) is 0 Å². The summed E-state index contributed by atoms with van der Waals surface area (Å²) in [7, 11) is 1.74. The van der Waals surface area contributed by atoms with Crippen LogP contribution < -0.4 is 10.1 Å². The summed E-state index contributed by atoms with van der Waals surface area (Å²) in [6, 6.07) is 7.45. The van der Waals surface area contributed by atoms with Crippen molar-refractivity contribution in [2.75, 3.05) is 12.9 Å². The van der Waals surface area contributed by atoms with E-state index >= 15 is 0 Å². The van der Waals surface area contributed by atoms with Crippen molar-refractivity contribution in [3.63, 3.8) is 0 Å². The Morgan fingerprint density at radius 3 is 2.71 bits per heavy atom. The number of rotatable bonds is 3. The van der Waals surface area contributed by atoms with Gasteiger partial charge in [0.05, 0.1) is 19.3 Å². The standard InChI is InChI=1S/C17H25NO2S/c1-11-8-13(9-12(2)20-11)18-16-6-7-21-17-5-4-14(19-3)10-15(16)17/h4-5,10-13,16,18H,6-9H2,1-3H3/t11-,12-,16-/m1/s1. The Labute approximate surface area is 131 Å². The largest absolute Gasteiger partial charge is 0.497 e. The molecule has 3 nitrogen and oxygen atoms in total. The molecule has 21 heavy (non-hydrogen) atoms. The van der Waals surface area contributed by atoms with Crippen LogP contribution >= 0.6 is 11.8 Å². The highest BCUT2D eigenvalue weighted by atomic mass is 32.2. The maximum absolute atomic E-state index is 5.85. The molecule has 0 amide bonds. The third kappa shape index (κ3) is 3.55. The van der Waals surface area contributed by atoms with Crippen LogP contribution in [0, 0.1) is 0 Å². The second kappa shape index (κ2) is 6.59. The molecule has 0 saturated carbocycles. The van der Waals surface area contributed by atoms with Gasteiger partial charge < -0.3 is 14.8 Å². The molecule has 1 aromatic carbocycles. The fourth-order valence-electron chi connectivity index (χ4n) is 3.50. The van der Waals surface area contributed by atoms with Crippen molar-refractivity contribution in [3.8, 4) is 5.75 Å². The Balaban J connectivity index is 1.75. The maximum atomic E-state index is 5.85.